The molecule has 0 radical (unpaired) electrons. The van der Waals surface area contributed by atoms with Crippen LogP contribution in [0.1, 0.15) is 11.1 Å². The normalized spacial score (nSPS) is 14.3. The topological polar surface area (TPSA) is 27.9 Å². The van der Waals surface area contributed by atoms with Crippen LogP contribution in [0.2, 0.25) is 0 Å². The molecular formula is C18H15N3OS. The van der Waals surface area contributed by atoms with Crippen molar-refractivity contribution >= 4 is 40.3 Å². The van der Waals surface area contributed by atoms with E-state index in [0.717, 1.165) is 16.8 Å². The van der Waals surface area contributed by atoms with Gasteiger partial charge in [0.2, 0.25) is 0 Å². The van der Waals surface area contributed by atoms with E-state index in [-0.39, 0.29) is 12.5 Å². The number of carbonyl (C=O) groups is 1. The van der Waals surface area contributed by atoms with Crippen molar-refractivity contribution in [1.29, 1.82) is 0 Å². The Labute approximate surface area is 140 Å². The summed E-state index contributed by atoms with van der Waals surface area (Å²) in [5.74, 6) is -0.0643. The van der Waals surface area contributed by atoms with E-state index in [1.807, 2.05) is 49.1 Å². The van der Waals surface area contributed by atoms with Crippen molar-refractivity contribution in [3.8, 4) is 0 Å². The first kappa shape index (κ1) is 15.2. The first-order valence-corrected chi connectivity index (χ1v) is 7.61. The zero-order valence-corrected chi connectivity index (χ0v) is 13.7. The molecule has 1 aliphatic heterocycles. The molecule has 0 unspecified atom stereocenters. The van der Waals surface area contributed by atoms with Crippen molar-refractivity contribution in [2.75, 3.05) is 16.3 Å². The third-order valence-electron chi connectivity index (χ3n) is 3.87. The summed E-state index contributed by atoms with van der Waals surface area (Å²) in [5, 5.41) is 0.466. The van der Waals surface area contributed by atoms with Crippen LogP contribution in [0.25, 0.3) is 4.85 Å². The number of hydrogen-bond acceptors (Lipinski definition) is 2. The van der Waals surface area contributed by atoms with Crippen molar-refractivity contribution in [1.82, 2.24) is 0 Å². The van der Waals surface area contributed by atoms with Gasteiger partial charge in [0, 0.05) is 11.4 Å². The molecule has 0 N–H and O–H groups in total. The van der Waals surface area contributed by atoms with Crippen LogP contribution in [0.3, 0.4) is 0 Å². The smallest absolute Gasteiger partial charge is 0.253 e. The number of rotatable bonds is 2. The van der Waals surface area contributed by atoms with Gasteiger partial charge in [-0.1, -0.05) is 23.8 Å². The third-order valence-corrected chi connectivity index (χ3v) is 4.27. The van der Waals surface area contributed by atoms with E-state index in [4.69, 9.17) is 18.8 Å². The number of aryl methyl sites for hydroxylation is 2. The van der Waals surface area contributed by atoms with E-state index in [9.17, 15) is 4.79 Å². The van der Waals surface area contributed by atoms with Gasteiger partial charge >= 0.3 is 0 Å². The lowest BCUT2D eigenvalue weighted by Gasteiger charge is -2.21. The fraction of sp³-hybridized carbons (Fsp3) is 0.167. The number of amides is 1. The summed E-state index contributed by atoms with van der Waals surface area (Å²) in [5.41, 5.74) is 4.20. The number of anilines is 2. The van der Waals surface area contributed by atoms with E-state index in [0.29, 0.717) is 16.5 Å². The molecule has 1 fully saturated rings. The highest BCUT2D eigenvalue weighted by Crippen LogP contribution is 2.30. The van der Waals surface area contributed by atoms with E-state index < -0.39 is 0 Å². The van der Waals surface area contributed by atoms with Gasteiger partial charge in [-0.25, -0.2) is 4.85 Å². The number of hydrogen-bond donors (Lipinski definition) is 0. The zero-order valence-electron chi connectivity index (χ0n) is 12.9. The van der Waals surface area contributed by atoms with Crippen LogP contribution in [-0.2, 0) is 4.79 Å². The highest BCUT2D eigenvalue weighted by atomic mass is 32.1. The van der Waals surface area contributed by atoms with Gasteiger partial charge in [0.15, 0.2) is 10.8 Å². The molecule has 1 heterocycles. The minimum atomic E-state index is -0.0643. The van der Waals surface area contributed by atoms with Crippen molar-refractivity contribution in [2.24, 2.45) is 0 Å². The quantitative estimate of drug-likeness (QED) is 0.618. The van der Waals surface area contributed by atoms with Gasteiger partial charge < -0.3 is 4.90 Å². The standard InChI is InChI=1S/C18H15N3OS/c1-12-4-6-14(7-5-12)20-11-17(22)21(18(20)23)15-8-9-16(19-3)13(2)10-15/h4-10H,11H2,1-2H3. The van der Waals surface area contributed by atoms with Crippen LogP contribution < -0.4 is 9.80 Å². The Balaban J connectivity index is 1.94. The lowest BCUT2D eigenvalue weighted by Crippen LogP contribution is -2.32. The SMILES string of the molecule is [C-]#[N+]c1ccc(N2C(=O)CN(c3ccc(C)cc3)C2=S)cc1C. The van der Waals surface area contributed by atoms with Gasteiger partial charge in [-0.3, -0.25) is 9.69 Å². The van der Waals surface area contributed by atoms with Crippen molar-refractivity contribution in [3.05, 3.63) is 65.0 Å². The molecule has 3 rings (SSSR count). The number of benzene rings is 2. The molecule has 0 bridgehead atoms. The summed E-state index contributed by atoms with van der Waals surface area (Å²) in [6, 6.07) is 13.2. The van der Waals surface area contributed by atoms with Crippen molar-refractivity contribution in [3.63, 3.8) is 0 Å². The summed E-state index contributed by atoms with van der Waals surface area (Å²) in [6.07, 6.45) is 0. The van der Waals surface area contributed by atoms with Crippen LogP contribution in [0.15, 0.2) is 42.5 Å². The Bertz CT molecular complexity index is 836. The average Bonchev–Trinajstić information content (AvgIpc) is 2.83. The fourth-order valence-electron chi connectivity index (χ4n) is 2.59. The summed E-state index contributed by atoms with van der Waals surface area (Å²) >= 11 is 5.51. The van der Waals surface area contributed by atoms with Gasteiger partial charge in [0.05, 0.1) is 6.57 Å². The monoisotopic (exact) mass is 321 g/mol. The highest BCUT2D eigenvalue weighted by Gasteiger charge is 2.34. The summed E-state index contributed by atoms with van der Waals surface area (Å²) in [4.78, 5) is 19.3. The van der Waals surface area contributed by atoms with Crippen LogP contribution >= 0.6 is 12.2 Å². The third kappa shape index (κ3) is 2.69. The second-order valence-electron chi connectivity index (χ2n) is 5.52. The molecule has 0 saturated carbocycles. The molecule has 1 aliphatic rings. The van der Waals surface area contributed by atoms with Gasteiger partial charge in [-0.2, -0.15) is 0 Å². The summed E-state index contributed by atoms with van der Waals surface area (Å²) in [6.45, 7) is 11.2. The molecule has 1 amide bonds. The van der Waals surface area contributed by atoms with Crippen LogP contribution in [0.5, 0.6) is 0 Å². The number of thiocarbonyl (C=S) groups is 1. The van der Waals surface area contributed by atoms with E-state index >= 15 is 0 Å². The summed E-state index contributed by atoms with van der Waals surface area (Å²) < 4.78 is 0. The molecule has 0 aliphatic carbocycles. The minimum absolute atomic E-state index is 0.0643. The van der Waals surface area contributed by atoms with Crippen molar-refractivity contribution in [2.45, 2.75) is 13.8 Å². The predicted molar refractivity (Wildman–Crippen MR) is 96.1 cm³/mol. The molecule has 4 nitrogen and oxygen atoms in total. The molecule has 23 heavy (non-hydrogen) atoms. The molecule has 2 aromatic rings. The lowest BCUT2D eigenvalue weighted by molar-refractivity contribution is -0.115. The van der Waals surface area contributed by atoms with Crippen LogP contribution in [0.4, 0.5) is 17.1 Å². The zero-order chi connectivity index (χ0) is 16.6. The van der Waals surface area contributed by atoms with E-state index in [1.165, 1.54) is 4.90 Å². The maximum atomic E-state index is 12.4. The molecular weight excluding hydrogens is 306 g/mol. The average molecular weight is 321 g/mol. The highest BCUT2D eigenvalue weighted by molar-refractivity contribution is 7.81. The predicted octanol–water partition coefficient (Wildman–Crippen LogP) is 3.99. The Morgan fingerprint density at radius 2 is 1.74 bits per heavy atom. The maximum Gasteiger partial charge on any atom is 0.253 e. The van der Waals surface area contributed by atoms with Crippen LogP contribution in [-0.4, -0.2) is 17.6 Å². The first-order chi connectivity index (χ1) is 11.0. The largest absolute Gasteiger partial charge is 0.309 e. The van der Waals surface area contributed by atoms with Gasteiger partial charge in [-0.15, -0.1) is 0 Å². The fourth-order valence-corrected chi connectivity index (χ4v) is 2.96. The first-order valence-electron chi connectivity index (χ1n) is 7.20. The second kappa shape index (κ2) is 5.82. The van der Waals surface area contributed by atoms with Gasteiger partial charge in [0.25, 0.3) is 5.91 Å². The summed E-state index contributed by atoms with van der Waals surface area (Å²) in [7, 11) is 0. The maximum absolute atomic E-state index is 12.4. The number of nitrogens with zero attached hydrogens (tertiary/aromatic N) is 3. The van der Waals surface area contributed by atoms with E-state index in [2.05, 4.69) is 4.85 Å². The molecule has 1 saturated heterocycles. The van der Waals surface area contributed by atoms with Gasteiger partial charge in [0.1, 0.15) is 6.54 Å². The second-order valence-corrected chi connectivity index (χ2v) is 5.88. The Hall–Kier alpha value is -2.71. The van der Waals surface area contributed by atoms with Crippen LogP contribution in [0, 0.1) is 20.4 Å². The molecule has 0 atom stereocenters. The molecule has 5 heteroatoms. The Morgan fingerprint density at radius 1 is 1.09 bits per heavy atom. The van der Waals surface area contributed by atoms with Gasteiger partial charge in [-0.05, 0) is 55.9 Å². The molecule has 114 valence electrons. The van der Waals surface area contributed by atoms with Crippen molar-refractivity contribution < 1.29 is 4.79 Å². The molecule has 0 spiro atoms. The number of carbonyl (C=O) groups excluding carboxylic acids is 1. The Morgan fingerprint density at radius 3 is 2.35 bits per heavy atom. The molecule has 2 aromatic carbocycles. The Kier molecular flexibility index (Phi) is 3.85. The molecule has 0 aromatic heterocycles. The lowest BCUT2D eigenvalue weighted by atomic mass is 10.1. The minimum Gasteiger partial charge on any atom is -0.309 e. The van der Waals surface area contributed by atoms with E-state index in [1.54, 1.807) is 12.1 Å².